The van der Waals surface area contributed by atoms with Gasteiger partial charge in [0.1, 0.15) is 6.10 Å². The van der Waals surface area contributed by atoms with E-state index in [-0.39, 0.29) is 35.1 Å². The highest BCUT2D eigenvalue weighted by Crippen LogP contribution is 2.50. The van der Waals surface area contributed by atoms with Crippen molar-refractivity contribution in [3.8, 4) is 34.1 Å². The van der Waals surface area contributed by atoms with Gasteiger partial charge in [0.2, 0.25) is 17.1 Å². The van der Waals surface area contributed by atoms with Crippen molar-refractivity contribution in [2.24, 2.45) is 0 Å². The molecule has 4 rings (SSSR count). The summed E-state index contributed by atoms with van der Waals surface area (Å²) in [6.45, 7) is 0.394. The van der Waals surface area contributed by atoms with Gasteiger partial charge in [0.05, 0.1) is 41.1 Å². The molecule has 0 radical (unpaired) electrons. The van der Waals surface area contributed by atoms with Crippen molar-refractivity contribution in [1.29, 1.82) is 0 Å². The van der Waals surface area contributed by atoms with E-state index in [0.717, 1.165) is 61.6 Å². The van der Waals surface area contributed by atoms with Crippen molar-refractivity contribution in [1.82, 2.24) is 5.32 Å². The molecule has 1 amide bonds. The molecule has 0 saturated carbocycles. The molecule has 1 N–H and O–H groups in total. The Bertz CT molecular complexity index is 1550. The molecule has 2 aromatic rings. The summed E-state index contributed by atoms with van der Waals surface area (Å²) in [6.07, 6.45) is 12.3. The molecule has 1 heterocycles. The summed E-state index contributed by atoms with van der Waals surface area (Å²) in [5, 5.41) is 3.17. The van der Waals surface area contributed by atoms with Crippen molar-refractivity contribution in [2.45, 2.75) is 95.6 Å². The van der Waals surface area contributed by atoms with Crippen LogP contribution in [0.5, 0.6) is 23.0 Å². The Morgan fingerprint density at radius 1 is 0.837 bits per heavy atom. The van der Waals surface area contributed by atoms with Crippen molar-refractivity contribution in [3.63, 3.8) is 0 Å². The number of amides is 1. The fourth-order valence-corrected chi connectivity index (χ4v) is 6.45. The van der Waals surface area contributed by atoms with Crippen molar-refractivity contribution in [2.75, 3.05) is 35.0 Å². The molecular weight excluding hydrogens is 630 g/mol. The minimum Gasteiger partial charge on any atom is -0.493 e. The molecule has 1 aliphatic carbocycles. The second kappa shape index (κ2) is 18.9. The third-order valence-corrected chi connectivity index (χ3v) is 8.96. The number of aryl methyl sites for hydroxylation is 1. The van der Waals surface area contributed by atoms with Crippen LogP contribution in [0.15, 0.2) is 41.2 Å². The number of benzene rings is 1. The number of cyclic esters (lactones) is 1. The molecule has 0 spiro atoms. The van der Waals surface area contributed by atoms with Gasteiger partial charge in [-0.25, -0.2) is 4.79 Å². The Balaban J connectivity index is 1.25. The molecule has 49 heavy (non-hydrogen) atoms. The largest absolute Gasteiger partial charge is 0.493 e. The molecule has 0 unspecified atom stereocenters. The summed E-state index contributed by atoms with van der Waals surface area (Å²) in [5.74, 6) is 1.08. The number of esters is 2. The number of carbonyl (C=O) groups excluding carboxylic acids is 3. The number of fused-ring (bicyclic) bond motifs is 3. The smallest absolute Gasteiger partial charge is 0.330 e. The summed E-state index contributed by atoms with van der Waals surface area (Å²) >= 11 is 0. The number of rotatable bonds is 18. The van der Waals surface area contributed by atoms with Crippen LogP contribution < -0.4 is 29.7 Å². The van der Waals surface area contributed by atoms with Gasteiger partial charge in [0, 0.05) is 30.9 Å². The summed E-state index contributed by atoms with van der Waals surface area (Å²) < 4.78 is 33.0. The highest BCUT2D eigenvalue weighted by Gasteiger charge is 2.30. The first kappa shape index (κ1) is 37.3. The molecule has 2 aromatic carbocycles. The number of nitrogens with one attached hydrogen (secondary N) is 1. The Labute approximate surface area is 288 Å². The van der Waals surface area contributed by atoms with E-state index in [0.29, 0.717) is 67.9 Å². The predicted molar refractivity (Wildman–Crippen MR) is 184 cm³/mol. The summed E-state index contributed by atoms with van der Waals surface area (Å²) in [6, 6.07) is 6.50. The van der Waals surface area contributed by atoms with Crippen LogP contribution in [0.4, 0.5) is 0 Å². The van der Waals surface area contributed by atoms with Crippen LogP contribution in [0.1, 0.15) is 94.2 Å². The molecule has 266 valence electrons. The normalized spacial score (nSPS) is 16.4. The van der Waals surface area contributed by atoms with Crippen LogP contribution in [0.25, 0.3) is 11.1 Å². The maximum atomic E-state index is 13.2. The zero-order valence-corrected chi connectivity index (χ0v) is 29.1. The lowest BCUT2D eigenvalue weighted by Crippen LogP contribution is -2.28. The topological polar surface area (TPSA) is 136 Å². The quantitative estimate of drug-likeness (QED) is 0.144. The van der Waals surface area contributed by atoms with Crippen molar-refractivity contribution >= 4 is 17.8 Å². The zero-order valence-electron chi connectivity index (χ0n) is 29.1. The van der Waals surface area contributed by atoms with Crippen LogP contribution in [-0.2, 0) is 30.3 Å². The summed E-state index contributed by atoms with van der Waals surface area (Å²) in [5.41, 5.74) is 2.86. The zero-order chi connectivity index (χ0) is 35.2. The summed E-state index contributed by atoms with van der Waals surface area (Å²) in [4.78, 5) is 49.7. The highest BCUT2D eigenvalue weighted by atomic mass is 16.5. The second-order valence-corrected chi connectivity index (χ2v) is 12.3. The number of ether oxygens (including phenoxy) is 6. The van der Waals surface area contributed by atoms with Gasteiger partial charge >= 0.3 is 11.9 Å². The standard InChI is InChI=1S/C38H49NO10/c1-44-31-21-19-27-28(24-30(31)40)29(20-18-25-23-32(45-2)37(46-3)38(47-4)36(25)27)39-33(41)15-9-5-6-10-16-34(42)48-22-11-7-8-13-26-14-12-17-35(43)49-26/h12,17,19,21,23-24,26,29H,5-11,13-16,18,20,22H2,1-4H3,(H,39,41)/t26-,29-/m0/s1. The van der Waals surface area contributed by atoms with E-state index < -0.39 is 6.04 Å². The second-order valence-electron chi connectivity index (χ2n) is 12.3. The van der Waals surface area contributed by atoms with Gasteiger partial charge in [-0.05, 0) is 86.3 Å². The third-order valence-electron chi connectivity index (χ3n) is 8.96. The fraction of sp³-hybridized carbons (Fsp3) is 0.526. The van der Waals surface area contributed by atoms with E-state index >= 15 is 0 Å². The van der Waals surface area contributed by atoms with E-state index in [9.17, 15) is 19.2 Å². The maximum absolute atomic E-state index is 13.2. The first-order valence-corrected chi connectivity index (χ1v) is 17.2. The SMILES string of the molecule is COc1cc2c(c(OC)c1OC)-c1ccc(OC)c(=O)cc1[C@@H](NC(=O)CCCCCCC(=O)OCCCCC[C@H]1CC=CC(=O)O1)CC2. The van der Waals surface area contributed by atoms with E-state index in [1.165, 1.54) is 19.3 Å². The third kappa shape index (κ3) is 10.2. The Hall–Kier alpha value is -4.54. The van der Waals surface area contributed by atoms with E-state index in [2.05, 4.69) is 5.32 Å². The molecular formula is C38H49NO10. The average Bonchev–Trinajstić information content (AvgIpc) is 3.34. The number of hydrogen-bond donors (Lipinski definition) is 1. The van der Waals surface area contributed by atoms with Crippen molar-refractivity contribution in [3.05, 3.63) is 57.8 Å². The Morgan fingerprint density at radius 3 is 2.29 bits per heavy atom. The van der Waals surface area contributed by atoms with Gasteiger partial charge < -0.3 is 33.7 Å². The fourth-order valence-electron chi connectivity index (χ4n) is 6.45. The number of carbonyl (C=O) groups is 3. The van der Waals surface area contributed by atoms with Gasteiger partial charge in [-0.3, -0.25) is 14.4 Å². The summed E-state index contributed by atoms with van der Waals surface area (Å²) in [7, 11) is 6.13. The van der Waals surface area contributed by atoms with E-state index in [1.807, 2.05) is 18.2 Å². The number of hydrogen-bond acceptors (Lipinski definition) is 10. The predicted octanol–water partition coefficient (Wildman–Crippen LogP) is 6.17. The monoisotopic (exact) mass is 679 g/mol. The lowest BCUT2D eigenvalue weighted by molar-refractivity contribution is -0.145. The number of methoxy groups -OCH3 is 4. The van der Waals surface area contributed by atoms with Crippen LogP contribution in [0, 0.1) is 0 Å². The first-order valence-electron chi connectivity index (χ1n) is 17.2. The molecule has 11 nitrogen and oxygen atoms in total. The van der Waals surface area contributed by atoms with Gasteiger partial charge in [-0.15, -0.1) is 0 Å². The molecule has 0 bridgehead atoms. The van der Waals surface area contributed by atoms with Crippen LogP contribution in [0.3, 0.4) is 0 Å². The van der Waals surface area contributed by atoms with Crippen LogP contribution >= 0.6 is 0 Å². The minimum absolute atomic E-state index is 0.0442. The minimum atomic E-state index is -0.418. The Morgan fingerprint density at radius 2 is 1.57 bits per heavy atom. The molecule has 1 aliphatic heterocycles. The lowest BCUT2D eigenvalue weighted by atomic mass is 9.95. The number of unbranched alkanes of at least 4 members (excludes halogenated alkanes) is 5. The van der Waals surface area contributed by atoms with E-state index in [1.54, 1.807) is 27.4 Å². The maximum Gasteiger partial charge on any atom is 0.330 e. The van der Waals surface area contributed by atoms with Gasteiger partial charge in [-0.1, -0.05) is 25.0 Å². The molecule has 2 atom stereocenters. The highest BCUT2D eigenvalue weighted by molar-refractivity contribution is 5.84. The molecule has 0 aromatic heterocycles. The van der Waals surface area contributed by atoms with Gasteiger partial charge in [-0.2, -0.15) is 0 Å². The molecule has 0 fully saturated rings. The molecule has 0 saturated heterocycles. The molecule has 11 heteroatoms. The Kier molecular flexibility index (Phi) is 14.3. The average molecular weight is 680 g/mol. The van der Waals surface area contributed by atoms with Crippen molar-refractivity contribution < 1.29 is 42.8 Å². The first-order chi connectivity index (χ1) is 23.8. The van der Waals surface area contributed by atoms with E-state index in [4.69, 9.17) is 28.4 Å². The van der Waals surface area contributed by atoms with Crippen LogP contribution in [-0.4, -0.2) is 59.0 Å². The van der Waals surface area contributed by atoms with Gasteiger partial charge in [0.25, 0.3) is 0 Å². The lowest BCUT2D eigenvalue weighted by Gasteiger charge is -2.20. The molecule has 2 aliphatic rings. The van der Waals surface area contributed by atoms with Crippen LogP contribution in [0.2, 0.25) is 0 Å². The van der Waals surface area contributed by atoms with Gasteiger partial charge in [0.15, 0.2) is 17.2 Å².